The second-order valence-electron chi connectivity index (χ2n) is 13.6. The maximum absolute atomic E-state index is 14.3. The first-order chi connectivity index (χ1) is 24.1. The first-order valence-corrected chi connectivity index (χ1v) is 16.9. The van der Waals surface area contributed by atoms with E-state index in [1.54, 1.807) is 34.9 Å². The van der Waals surface area contributed by atoms with Crippen molar-refractivity contribution in [3.63, 3.8) is 0 Å². The van der Waals surface area contributed by atoms with Crippen molar-refractivity contribution in [3.05, 3.63) is 107 Å². The molecule has 51 heavy (non-hydrogen) atoms. The number of benzene rings is 3. The number of carbonyl (C=O) groups is 3. The molecule has 0 aromatic heterocycles. The van der Waals surface area contributed by atoms with Gasteiger partial charge in [0.2, 0.25) is 11.8 Å². The van der Waals surface area contributed by atoms with Crippen LogP contribution in [0.15, 0.2) is 84.9 Å². The number of hydrogen-bond donors (Lipinski definition) is 0. The number of anilines is 1. The number of alkyl halides is 3. The Kier molecular flexibility index (Phi) is 13.3. The van der Waals surface area contributed by atoms with E-state index < -0.39 is 35.4 Å². The van der Waals surface area contributed by atoms with Gasteiger partial charge in [0.1, 0.15) is 11.6 Å². The predicted molar refractivity (Wildman–Crippen MR) is 191 cm³/mol. The van der Waals surface area contributed by atoms with Crippen LogP contribution in [-0.2, 0) is 38.2 Å². The number of likely N-dealkylation sites (N-methyl/N-ethyl adjacent to an activating group) is 2. The second kappa shape index (κ2) is 17.4. The van der Waals surface area contributed by atoms with Crippen LogP contribution in [0.25, 0.3) is 6.08 Å². The Morgan fingerprint density at radius 1 is 0.843 bits per heavy atom. The van der Waals surface area contributed by atoms with Crippen molar-refractivity contribution in [2.75, 3.05) is 58.4 Å². The fourth-order valence-corrected chi connectivity index (χ4v) is 5.48. The fraction of sp³-hybridized carbons (Fsp3) is 0.410. The molecule has 1 fully saturated rings. The van der Waals surface area contributed by atoms with E-state index in [9.17, 15) is 27.6 Å². The maximum atomic E-state index is 14.3. The lowest BCUT2D eigenvalue weighted by molar-refractivity contribution is -0.143. The molecule has 3 aromatic carbocycles. The summed E-state index contributed by atoms with van der Waals surface area (Å²) in [5, 5.41) is 0. The van der Waals surface area contributed by atoms with Gasteiger partial charge in [0.25, 0.3) is 0 Å². The van der Waals surface area contributed by atoms with Crippen molar-refractivity contribution in [2.24, 2.45) is 0 Å². The van der Waals surface area contributed by atoms with E-state index in [-0.39, 0.29) is 32.0 Å². The molecule has 1 heterocycles. The Morgan fingerprint density at radius 3 is 2.04 bits per heavy atom. The van der Waals surface area contributed by atoms with Gasteiger partial charge in [-0.2, -0.15) is 13.2 Å². The largest absolute Gasteiger partial charge is 0.444 e. The first-order valence-electron chi connectivity index (χ1n) is 16.9. The van der Waals surface area contributed by atoms with Gasteiger partial charge in [-0.1, -0.05) is 54.6 Å². The average molecular weight is 709 g/mol. The van der Waals surface area contributed by atoms with Crippen molar-refractivity contribution in [1.82, 2.24) is 14.7 Å². The zero-order chi connectivity index (χ0) is 37.2. The van der Waals surface area contributed by atoms with Crippen molar-refractivity contribution in [3.8, 4) is 0 Å². The third-order valence-corrected chi connectivity index (χ3v) is 8.39. The standard InChI is InChI=1S/C39H47F3N4O5/c1-38(2,3)51-37(49)44(5)22-21-43(4)36(48)34(27-30-9-7-6-8-10-30)46(28-31-13-18-33(19-14-31)45-23-25-50-26-24-45)35(47)20-15-29-11-16-32(17-12-29)39(40,41)42/h6-20,34H,21-28H2,1-5H3. The minimum Gasteiger partial charge on any atom is -0.444 e. The van der Waals surface area contributed by atoms with Crippen LogP contribution in [0.3, 0.4) is 0 Å². The van der Waals surface area contributed by atoms with E-state index in [1.807, 2.05) is 54.6 Å². The molecule has 1 aliphatic rings. The summed E-state index contributed by atoms with van der Waals surface area (Å²) in [6.45, 7) is 8.60. The smallest absolute Gasteiger partial charge is 0.416 e. The minimum absolute atomic E-state index is 0.0917. The zero-order valence-corrected chi connectivity index (χ0v) is 29.9. The molecule has 3 aromatic rings. The molecule has 1 atom stereocenters. The quantitative estimate of drug-likeness (QED) is 0.200. The Hall–Kier alpha value is -4.84. The lowest BCUT2D eigenvalue weighted by atomic mass is 10.0. The Balaban J connectivity index is 1.63. The summed E-state index contributed by atoms with van der Waals surface area (Å²) in [6.07, 6.45) is -2.06. The SMILES string of the molecule is CN(CCN(C)C(=O)C(Cc1ccccc1)N(Cc1ccc(N2CCOCC2)cc1)C(=O)C=Cc1ccc(C(F)(F)F)cc1)C(=O)OC(C)(C)C. The Labute approximate surface area is 298 Å². The van der Waals surface area contributed by atoms with Crippen molar-refractivity contribution in [1.29, 1.82) is 0 Å². The number of carbonyl (C=O) groups excluding carboxylic acids is 3. The van der Waals surface area contributed by atoms with E-state index >= 15 is 0 Å². The highest BCUT2D eigenvalue weighted by Gasteiger charge is 2.33. The molecule has 1 aliphatic heterocycles. The molecule has 0 bridgehead atoms. The third kappa shape index (κ3) is 11.9. The molecule has 3 amide bonds. The van der Waals surface area contributed by atoms with Gasteiger partial charge in [-0.25, -0.2) is 4.79 Å². The molecule has 0 saturated carbocycles. The number of nitrogens with zero attached hydrogens (tertiary/aromatic N) is 4. The third-order valence-electron chi connectivity index (χ3n) is 8.39. The average Bonchev–Trinajstić information content (AvgIpc) is 3.10. The summed E-state index contributed by atoms with van der Waals surface area (Å²) >= 11 is 0. The fourth-order valence-electron chi connectivity index (χ4n) is 5.48. The molecule has 0 N–H and O–H groups in total. The molecular formula is C39H47F3N4O5. The number of rotatable bonds is 12. The minimum atomic E-state index is -4.48. The van der Waals surface area contributed by atoms with Gasteiger partial charge in [0.15, 0.2) is 0 Å². The number of hydrogen-bond acceptors (Lipinski definition) is 6. The van der Waals surface area contributed by atoms with Crippen molar-refractivity contribution < 1.29 is 37.0 Å². The number of morpholine rings is 1. The van der Waals surface area contributed by atoms with Crippen LogP contribution >= 0.6 is 0 Å². The predicted octanol–water partition coefficient (Wildman–Crippen LogP) is 6.52. The Morgan fingerprint density at radius 2 is 1.45 bits per heavy atom. The lowest BCUT2D eigenvalue weighted by Gasteiger charge is -2.34. The van der Waals surface area contributed by atoms with Crippen LogP contribution in [0.4, 0.5) is 23.7 Å². The highest BCUT2D eigenvalue weighted by molar-refractivity contribution is 5.95. The Bertz CT molecular complexity index is 1620. The molecular weight excluding hydrogens is 661 g/mol. The van der Waals surface area contributed by atoms with E-state index in [4.69, 9.17) is 9.47 Å². The summed E-state index contributed by atoms with van der Waals surface area (Å²) in [6, 6.07) is 20.7. The number of halogens is 3. The zero-order valence-electron chi connectivity index (χ0n) is 29.9. The van der Waals surface area contributed by atoms with Gasteiger partial charge in [-0.15, -0.1) is 0 Å². The normalized spacial score (nSPS) is 14.2. The molecule has 12 heteroatoms. The van der Waals surface area contributed by atoms with Gasteiger partial charge < -0.3 is 29.1 Å². The summed E-state index contributed by atoms with van der Waals surface area (Å²) in [7, 11) is 3.22. The van der Waals surface area contributed by atoms with Crippen LogP contribution in [-0.4, -0.2) is 97.7 Å². The van der Waals surface area contributed by atoms with E-state index in [0.717, 1.165) is 42.0 Å². The molecule has 9 nitrogen and oxygen atoms in total. The monoisotopic (exact) mass is 708 g/mol. The molecule has 4 rings (SSSR count). The van der Waals surface area contributed by atoms with E-state index in [0.29, 0.717) is 18.8 Å². The van der Waals surface area contributed by atoms with Gasteiger partial charge in [-0.3, -0.25) is 9.59 Å². The second-order valence-corrected chi connectivity index (χ2v) is 13.6. The molecule has 0 radical (unpaired) electrons. The topological polar surface area (TPSA) is 82.6 Å². The summed E-state index contributed by atoms with van der Waals surface area (Å²) in [4.78, 5) is 47.6. The highest BCUT2D eigenvalue weighted by atomic mass is 19.4. The number of ether oxygens (including phenoxy) is 2. The van der Waals surface area contributed by atoms with Crippen LogP contribution in [0, 0.1) is 0 Å². The van der Waals surface area contributed by atoms with Crippen LogP contribution in [0.1, 0.15) is 43.0 Å². The molecule has 0 aliphatic carbocycles. The summed E-state index contributed by atoms with van der Waals surface area (Å²) in [5.41, 5.74) is 1.58. The molecule has 1 saturated heterocycles. The molecule has 0 spiro atoms. The van der Waals surface area contributed by atoms with Crippen LogP contribution in [0.5, 0.6) is 0 Å². The maximum Gasteiger partial charge on any atom is 0.416 e. The highest BCUT2D eigenvalue weighted by Crippen LogP contribution is 2.29. The first kappa shape index (κ1) is 39.0. The molecule has 1 unspecified atom stereocenters. The van der Waals surface area contributed by atoms with E-state index in [1.165, 1.54) is 39.0 Å². The van der Waals surface area contributed by atoms with Crippen LogP contribution < -0.4 is 4.90 Å². The van der Waals surface area contributed by atoms with Crippen molar-refractivity contribution >= 4 is 29.7 Å². The summed E-state index contributed by atoms with van der Waals surface area (Å²) < 4.78 is 50.3. The lowest BCUT2D eigenvalue weighted by Crippen LogP contribution is -2.51. The molecule has 274 valence electrons. The van der Waals surface area contributed by atoms with Gasteiger partial charge in [0, 0.05) is 65.0 Å². The van der Waals surface area contributed by atoms with E-state index in [2.05, 4.69) is 4.90 Å². The number of amides is 3. The summed E-state index contributed by atoms with van der Waals surface area (Å²) in [5.74, 6) is -0.821. The van der Waals surface area contributed by atoms with Gasteiger partial charge in [0.05, 0.1) is 18.8 Å². The van der Waals surface area contributed by atoms with Gasteiger partial charge in [-0.05, 0) is 67.8 Å². The van der Waals surface area contributed by atoms with Crippen molar-refractivity contribution in [2.45, 2.75) is 51.6 Å². The van der Waals surface area contributed by atoms with Crippen LogP contribution in [0.2, 0.25) is 0 Å². The van der Waals surface area contributed by atoms with Gasteiger partial charge >= 0.3 is 12.3 Å².